The molecule has 18 heavy (non-hydrogen) atoms. The first-order valence-corrected chi connectivity index (χ1v) is 5.62. The van der Waals surface area contributed by atoms with Crippen LogP contribution in [-0.4, -0.2) is 23.2 Å². The minimum atomic E-state index is -0.0910. The van der Waals surface area contributed by atoms with E-state index < -0.39 is 0 Å². The molecule has 0 atom stereocenters. The quantitative estimate of drug-likeness (QED) is 0.864. The van der Waals surface area contributed by atoms with Crippen molar-refractivity contribution in [2.24, 2.45) is 0 Å². The molecule has 0 saturated heterocycles. The van der Waals surface area contributed by atoms with Crippen LogP contribution < -0.4 is 10.1 Å². The first-order chi connectivity index (χ1) is 8.67. The summed E-state index contributed by atoms with van der Waals surface area (Å²) in [4.78, 5) is 11.7. The maximum Gasteiger partial charge on any atom is 0.230 e. The SMILES string of the molecule is COc1ccc(NC(=O)Cc2cc(C)[nH]n2)cc1. The zero-order valence-electron chi connectivity index (χ0n) is 10.4. The number of H-pyrrole nitrogens is 1. The van der Waals surface area contributed by atoms with Crippen molar-refractivity contribution in [1.29, 1.82) is 0 Å². The lowest BCUT2D eigenvalue weighted by molar-refractivity contribution is -0.115. The number of aromatic amines is 1. The molecule has 1 aromatic carbocycles. The Morgan fingerprint density at radius 1 is 1.39 bits per heavy atom. The highest BCUT2D eigenvalue weighted by molar-refractivity contribution is 5.92. The van der Waals surface area contributed by atoms with Gasteiger partial charge in [-0.15, -0.1) is 0 Å². The number of hydrogen-bond donors (Lipinski definition) is 2. The summed E-state index contributed by atoms with van der Waals surface area (Å²) in [6.45, 7) is 1.90. The molecule has 0 saturated carbocycles. The molecule has 5 nitrogen and oxygen atoms in total. The molecule has 0 radical (unpaired) electrons. The lowest BCUT2D eigenvalue weighted by Crippen LogP contribution is -2.14. The number of nitrogens with one attached hydrogen (secondary N) is 2. The molecule has 0 unspecified atom stereocenters. The van der Waals surface area contributed by atoms with Crippen LogP contribution in [0.5, 0.6) is 5.75 Å². The lowest BCUT2D eigenvalue weighted by atomic mass is 10.2. The van der Waals surface area contributed by atoms with Gasteiger partial charge >= 0.3 is 0 Å². The molecule has 0 spiro atoms. The second-order valence-corrected chi connectivity index (χ2v) is 4.00. The van der Waals surface area contributed by atoms with Crippen LogP contribution in [0, 0.1) is 6.92 Å². The third-order valence-electron chi connectivity index (χ3n) is 2.47. The fourth-order valence-electron chi connectivity index (χ4n) is 1.61. The Kier molecular flexibility index (Phi) is 3.62. The van der Waals surface area contributed by atoms with Crippen LogP contribution in [-0.2, 0) is 11.2 Å². The zero-order chi connectivity index (χ0) is 13.0. The fraction of sp³-hybridized carbons (Fsp3) is 0.231. The van der Waals surface area contributed by atoms with E-state index in [0.29, 0.717) is 0 Å². The standard InChI is InChI=1S/C13H15N3O2/c1-9-7-11(16-15-9)8-13(17)14-10-3-5-12(18-2)6-4-10/h3-7H,8H2,1-2H3,(H,14,17)(H,15,16). The Labute approximate surface area is 105 Å². The normalized spacial score (nSPS) is 10.1. The Morgan fingerprint density at radius 3 is 2.67 bits per heavy atom. The van der Waals surface area contributed by atoms with E-state index in [1.54, 1.807) is 31.4 Å². The zero-order valence-corrected chi connectivity index (χ0v) is 10.4. The van der Waals surface area contributed by atoms with Gasteiger partial charge in [0.25, 0.3) is 0 Å². The van der Waals surface area contributed by atoms with Crippen molar-refractivity contribution in [3.05, 3.63) is 41.7 Å². The first-order valence-electron chi connectivity index (χ1n) is 5.62. The van der Waals surface area contributed by atoms with Gasteiger partial charge in [-0.2, -0.15) is 5.10 Å². The summed E-state index contributed by atoms with van der Waals surface area (Å²) in [5.41, 5.74) is 2.42. The summed E-state index contributed by atoms with van der Waals surface area (Å²) in [6.07, 6.45) is 0.260. The number of amides is 1. The number of methoxy groups -OCH3 is 1. The molecule has 1 amide bonds. The van der Waals surface area contributed by atoms with Gasteiger partial charge in [-0.1, -0.05) is 0 Å². The highest BCUT2D eigenvalue weighted by atomic mass is 16.5. The second-order valence-electron chi connectivity index (χ2n) is 4.00. The van der Waals surface area contributed by atoms with Crippen molar-refractivity contribution >= 4 is 11.6 Å². The molecule has 0 bridgehead atoms. The summed E-state index contributed by atoms with van der Waals surface area (Å²) in [5.74, 6) is 0.669. The van der Waals surface area contributed by atoms with Crippen molar-refractivity contribution < 1.29 is 9.53 Å². The number of rotatable bonds is 4. The first kappa shape index (κ1) is 12.2. The van der Waals surface area contributed by atoms with Gasteiger partial charge in [0.15, 0.2) is 0 Å². The van der Waals surface area contributed by atoms with Crippen LogP contribution >= 0.6 is 0 Å². The Hall–Kier alpha value is -2.30. The molecule has 94 valence electrons. The Morgan fingerprint density at radius 2 is 2.11 bits per heavy atom. The molecule has 2 aromatic rings. The fourth-order valence-corrected chi connectivity index (χ4v) is 1.61. The molecule has 2 N–H and O–H groups in total. The number of carbonyl (C=O) groups excluding carboxylic acids is 1. The van der Waals surface area contributed by atoms with Gasteiger partial charge in [-0.05, 0) is 37.3 Å². The van der Waals surface area contributed by atoms with E-state index in [0.717, 1.165) is 22.8 Å². The van der Waals surface area contributed by atoms with Crippen LogP contribution in [0.25, 0.3) is 0 Å². The van der Waals surface area contributed by atoms with Crippen LogP contribution in [0.4, 0.5) is 5.69 Å². The molecule has 5 heteroatoms. The second kappa shape index (κ2) is 5.35. The Bertz CT molecular complexity index is 531. The monoisotopic (exact) mass is 245 g/mol. The van der Waals surface area contributed by atoms with Gasteiger partial charge in [0, 0.05) is 11.4 Å². The minimum Gasteiger partial charge on any atom is -0.497 e. The number of aryl methyl sites for hydroxylation is 1. The lowest BCUT2D eigenvalue weighted by Gasteiger charge is -2.05. The van der Waals surface area contributed by atoms with Gasteiger partial charge in [0.05, 0.1) is 19.2 Å². The molecule has 1 aromatic heterocycles. The number of nitrogens with zero attached hydrogens (tertiary/aromatic N) is 1. The topological polar surface area (TPSA) is 67.0 Å². The van der Waals surface area contributed by atoms with E-state index >= 15 is 0 Å². The summed E-state index contributed by atoms with van der Waals surface area (Å²) >= 11 is 0. The maximum atomic E-state index is 11.7. The van der Waals surface area contributed by atoms with E-state index in [1.807, 2.05) is 13.0 Å². The minimum absolute atomic E-state index is 0.0910. The molecule has 0 fully saturated rings. The summed E-state index contributed by atoms with van der Waals surface area (Å²) in [7, 11) is 1.60. The van der Waals surface area contributed by atoms with E-state index in [2.05, 4.69) is 15.5 Å². The number of hydrogen-bond acceptors (Lipinski definition) is 3. The third kappa shape index (κ3) is 3.10. The van der Waals surface area contributed by atoms with Gasteiger partial charge < -0.3 is 10.1 Å². The summed E-state index contributed by atoms with van der Waals surface area (Å²) in [6, 6.07) is 9.05. The van der Waals surface area contributed by atoms with Crippen molar-refractivity contribution in [2.75, 3.05) is 12.4 Å². The van der Waals surface area contributed by atoms with Gasteiger partial charge in [0.1, 0.15) is 5.75 Å². The van der Waals surface area contributed by atoms with E-state index in [4.69, 9.17) is 4.74 Å². The van der Waals surface area contributed by atoms with Crippen molar-refractivity contribution in [2.45, 2.75) is 13.3 Å². The maximum absolute atomic E-state index is 11.7. The number of ether oxygens (including phenoxy) is 1. The van der Waals surface area contributed by atoms with Crippen LogP contribution in [0.15, 0.2) is 30.3 Å². The van der Waals surface area contributed by atoms with E-state index in [-0.39, 0.29) is 12.3 Å². The largest absolute Gasteiger partial charge is 0.497 e. The predicted octanol–water partition coefficient (Wildman–Crippen LogP) is 1.91. The average molecular weight is 245 g/mol. The number of benzene rings is 1. The molecular weight excluding hydrogens is 230 g/mol. The van der Waals surface area contributed by atoms with Crippen molar-refractivity contribution in [3.8, 4) is 5.75 Å². The Balaban J connectivity index is 1.94. The van der Waals surface area contributed by atoms with Gasteiger partial charge in [-0.25, -0.2) is 0 Å². The average Bonchev–Trinajstić information content (AvgIpc) is 2.75. The number of anilines is 1. The van der Waals surface area contributed by atoms with E-state index in [9.17, 15) is 4.79 Å². The van der Waals surface area contributed by atoms with Crippen molar-refractivity contribution in [3.63, 3.8) is 0 Å². The highest BCUT2D eigenvalue weighted by Gasteiger charge is 2.06. The van der Waals surface area contributed by atoms with Gasteiger partial charge in [-0.3, -0.25) is 9.89 Å². The molecule has 2 rings (SSSR count). The third-order valence-corrected chi connectivity index (χ3v) is 2.47. The predicted molar refractivity (Wildman–Crippen MR) is 68.7 cm³/mol. The molecular formula is C13H15N3O2. The molecule has 0 aliphatic heterocycles. The van der Waals surface area contributed by atoms with Gasteiger partial charge in [0.2, 0.25) is 5.91 Å². The molecule has 0 aliphatic carbocycles. The van der Waals surface area contributed by atoms with Crippen LogP contribution in [0.2, 0.25) is 0 Å². The highest BCUT2D eigenvalue weighted by Crippen LogP contribution is 2.15. The van der Waals surface area contributed by atoms with Crippen molar-refractivity contribution in [1.82, 2.24) is 10.2 Å². The summed E-state index contributed by atoms with van der Waals surface area (Å²) < 4.78 is 5.05. The van der Waals surface area contributed by atoms with Crippen LogP contribution in [0.3, 0.4) is 0 Å². The smallest absolute Gasteiger partial charge is 0.230 e. The number of carbonyl (C=O) groups is 1. The van der Waals surface area contributed by atoms with Crippen LogP contribution in [0.1, 0.15) is 11.4 Å². The summed E-state index contributed by atoms with van der Waals surface area (Å²) in [5, 5.41) is 9.63. The van der Waals surface area contributed by atoms with E-state index in [1.165, 1.54) is 0 Å². The molecule has 1 heterocycles. The number of aromatic nitrogens is 2. The molecule has 0 aliphatic rings.